The number of nitrogens with one attached hydrogen (secondary N) is 1. The molecule has 19 heavy (non-hydrogen) atoms. The average molecular weight is 258 g/mol. The van der Waals surface area contributed by atoms with Crippen LogP contribution in [0.2, 0.25) is 0 Å². The molecule has 0 aliphatic heterocycles. The maximum absolute atomic E-state index is 12.3. The van der Waals surface area contributed by atoms with Crippen LogP contribution in [0.4, 0.5) is 0 Å². The van der Waals surface area contributed by atoms with E-state index in [9.17, 15) is 4.79 Å². The van der Waals surface area contributed by atoms with Crippen molar-refractivity contribution in [2.24, 2.45) is 0 Å². The normalized spacial score (nSPS) is 11.8. The molecule has 0 bridgehead atoms. The first-order chi connectivity index (χ1) is 8.95. The maximum atomic E-state index is 12.3. The van der Waals surface area contributed by atoms with Gasteiger partial charge in [0.15, 0.2) is 0 Å². The lowest BCUT2D eigenvalue weighted by atomic mass is 9.86. The minimum absolute atomic E-state index is 0.0276. The SMILES string of the molecule is CCCc1c(C(C)(C)C)c(=O)[nH]n1-c1ccccc1. The quantitative estimate of drug-likeness (QED) is 0.900. The summed E-state index contributed by atoms with van der Waals surface area (Å²) in [5, 5.41) is 2.98. The molecule has 0 aliphatic rings. The van der Waals surface area contributed by atoms with Gasteiger partial charge in [0.05, 0.1) is 5.69 Å². The van der Waals surface area contributed by atoms with E-state index in [4.69, 9.17) is 0 Å². The molecular weight excluding hydrogens is 236 g/mol. The van der Waals surface area contributed by atoms with Gasteiger partial charge in [0.2, 0.25) is 0 Å². The van der Waals surface area contributed by atoms with Gasteiger partial charge in [-0.25, -0.2) is 0 Å². The van der Waals surface area contributed by atoms with Crippen LogP contribution in [-0.2, 0) is 11.8 Å². The van der Waals surface area contributed by atoms with Gasteiger partial charge >= 0.3 is 0 Å². The highest BCUT2D eigenvalue weighted by Crippen LogP contribution is 2.25. The Labute approximate surface area is 114 Å². The fraction of sp³-hybridized carbons (Fsp3) is 0.438. The summed E-state index contributed by atoms with van der Waals surface area (Å²) in [6.45, 7) is 8.41. The first-order valence-electron chi connectivity index (χ1n) is 6.85. The van der Waals surface area contributed by atoms with Crippen molar-refractivity contribution in [2.45, 2.75) is 46.0 Å². The van der Waals surface area contributed by atoms with E-state index in [2.05, 4.69) is 32.8 Å². The van der Waals surface area contributed by atoms with E-state index in [0.29, 0.717) is 0 Å². The molecule has 0 saturated carbocycles. The molecule has 0 aliphatic carbocycles. The standard InChI is InChI=1S/C16H22N2O/c1-5-9-13-14(16(2,3)4)15(19)17-18(13)12-10-7-6-8-11-12/h6-8,10-11H,5,9H2,1-4H3,(H,17,19). The van der Waals surface area contributed by atoms with E-state index in [1.54, 1.807) is 0 Å². The van der Waals surface area contributed by atoms with Gasteiger partial charge < -0.3 is 0 Å². The Morgan fingerprint density at radius 3 is 2.32 bits per heavy atom. The molecule has 0 fully saturated rings. The summed E-state index contributed by atoms with van der Waals surface area (Å²) in [4.78, 5) is 12.3. The largest absolute Gasteiger partial charge is 0.268 e. The van der Waals surface area contributed by atoms with Crippen molar-refractivity contribution in [2.75, 3.05) is 0 Å². The molecule has 0 unspecified atom stereocenters. The molecule has 1 N–H and O–H groups in total. The van der Waals surface area contributed by atoms with Gasteiger partial charge in [-0.2, -0.15) is 0 Å². The Morgan fingerprint density at radius 2 is 1.79 bits per heavy atom. The molecule has 0 radical (unpaired) electrons. The van der Waals surface area contributed by atoms with Crippen molar-refractivity contribution in [1.82, 2.24) is 9.78 Å². The highest BCUT2D eigenvalue weighted by atomic mass is 16.1. The third kappa shape index (κ3) is 2.65. The molecule has 2 aromatic rings. The lowest BCUT2D eigenvalue weighted by molar-refractivity contribution is 0.575. The van der Waals surface area contributed by atoms with Crippen LogP contribution in [0.15, 0.2) is 35.1 Å². The number of hydrogen-bond acceptors (Lipinski definition) is 1. The molecule has 1 heterocycles. The molecule has 0 saturated heterocycles. The summed E-state index contributed by atoms with van der Waals surface area (Å²) in [7, 11) is 0. The second-order valence-electron chi connectivity index (χ2n) is 5.93. The second-order valence-corrected chi connectivity index (χ2v) is 5.93. The Bertz CT molecular complexity index is 600. The molecule has 3 heteroatoms. The summed E-state index contributed by atoms with van der Waals surface area (Å²) in [6.07, 6.45) is 1.92. The first-order valence-corrected chi connectivity index (χ1v) is 6.85. The van der Waals surface area contributed by atoms with Crippen molar-refractivity contribution < 1.29 is 0 Å². The van der Waals surface area contributed by atoms with Gasteiger partial charge in [0.1, 0.15) is 0 Å². The third-order valence-corrected chi connectivity index (χ3v) is 3.25. The molecule has 1 aromatic heterocycles. The minimum atomic E-state index is -0.141. The number of aromatic amines is 1. The predicted octanol–water partition coefficient (Wildman–Crippen LogP) is 3.42. The Balaban J connectivity index is 2.67. The van der Waals surface area contributed by atoms with Crippen LogP contribution in [0.3, 0.4) is 0 Å². The number of benzene rings is 1. The maximum Gasteiger partial charge on any atom is 0.268 e. The van der Waals surface area contributed by atoms with Crippen LogP contribution in [0.25, 0.3) is 5.69 Å². The molecule has 102 valence electrons. The van der Waals surface area contributed by atoms with Crippen molar-refractivity contribution >= 4 is 0 Å². The smallest absolute Gasteiger partial charge is 0.268 e. The lowest BCUT2D eigenvalue weighted by Gasteiger charge is -2.19. The zero-order chi connectivity index (χ0) is 14.0. The molecule has 3 nitrogen and oxygen atoms in total. The third-order valence-electron chi connectivity index (χ3n) is 3.25. The number of hydrogen-bond donors (Lipinski definition) is 1. The number of rotatable bonds is 3. The van der Waals surface area contributed by atoms with Crippen molar-refractivity contribution in [1.29, 1.82) is 0 Å². The summed E-state index contributed by atoms with van der Waals surface area (Å²) in [5.41, 5.74) is 2.90. The summed E-state index contributed by atoms with van der Waals surface area (Å²) in [6, 6.07) is 9.98. The Morgan fingerprint density at radius 1 is 1.16 bits per heavy atom. The second kappa shape index (κ2) is 5.08. The molecule has 0 atom stereocenters. The van der Waals surface area contributed by atoms with Crippen molar-refractivity contribution in [3.05, 3.63) is 51.9 Å². The summed E-state index contributed by atoms with van der Waals surface area (Å²) in [5.74, 6) is 0. The minimum Gasteiger partial charge on any atom is -0.268 e. The zero-order valence-corrected chi connectivity index (χ0v) is 12.2. The highest BCUT2D eigenvalue weighted by molar-refractivity contribution is 5.37. The zero-order valence-electron chi connectivity index (χ0n) is 12.2. The van der Waals surface area contributed by atoms with E-state index in [0.717, 1.165) is 29.8 Å². The van der Waals surface area contributed by atoms with Gasteiger partial charge in [-0.05, 0) is 24.0 Å². The Hall–Kier alpha value is -1.77. The first kappa shape index (κ1) is 13.7. The van der Waals surface area contributed by atoms with Gasteiger partial charge in [-0.1, -0.05) is 52.3 Å². The van der Waals surface area contributed by atoms with E-state index in [1.165, 1.54) is 0 Å². The molecule has 1 aromatic carbocycles. The van der Waals surface area contributed by atoms with Crippen LogP contribution >= 0.6 is 0 Å². The van der Waals surface area contributed by atoms with Crippen LogP contribution in [-0.4, -0.2) is 9.78 Å². The average Bonchev–Trinajstić information content (AvgIpc) is 2.67. The van der Waals surface area contributed by atoms with Gasteiger partial charge in [0.25, 0.3) is 5.56 Å². The van der Waals surface area contributed by atoms with E-state index >= 15 is 0 Å². The summed E-state index contributed by atoms with van der Waals surface area (Å²) < 4.78 is 1.94. The van der Waals surface area contributed by atoms with E-state index in [1.807, 2.05) is 35.0 Å². The van der Waals surface area contributed by atoms with Gasteiger partial charge in [-0.3, -0.25) is 14.6 Å². The molecule has 2 rings (SSSR count). The Kier molecular flexibility index (Phi) is 3.65. The number of aromatic nitrogens is 2. The van der Waals surface area contributed by atoms with Crippen LogP contribution in [0.1, 0.15) is 45.4 Å². The van der Waals surface area contributed by atoms with Crippen LogP contribution < -0.4 is 5.56 Å². The van der Waals surface area contributed by atoms with Crippen molar-refractivity contribution in [3.8, 4) is 5.69 Å². The summed E-state index contributed by atoms with van der Waals surface area (Å²) >= 11 is 0. The van der Waals surface area contributed by atoms with Gasteiger partial charge in [0, 0.05) is 11.3 Å². The number of para-hydroxylation sites is 1. The van der Waals surface area contributed by atoms with E-state index in [-0.39, 0.29) is 11.0 Å². The number of H-pyrrole nitrogens is 1. The van der Waals surface area contributed by atoms with Gasteiger partial charge in [-0.15, -0.1) is 0 Å². The molecule has 0 spiro atoms. The molecular formula is C16H22N2O. The van der Waals surface area contributed by atoms with E-state index < -0.39 is 0 Å². The number of nitrogens with zero attached hydrogens (tertiary/aromatic N) is 1. The fourth-order valence-electron chi connectivity index (χ4n) is 2.51. The lowest BCUT2D eigenvalue weighted by Crippen LogP contribution is -2.22. The topological polar surface area (TPSA) is 37.8 Å². The van der Waals surface area contributed by atoms with Crippen molar-refractivity contribution in [3.63, 3.8) is 0 Å². The monoisotopic (exact) mass is 258 g/mol. The van der Waals surface area contributed by atoms with Crippen LogP contribution in [0.5, 0.6) is 0 Å². The predicted molar refractivity (Wildman–Crippen MR) is 79.1 cm³/mol. The molecule has 0 amide bonds. The van der Waals surface area contributed by atoms with Crippen LogP contribution in [0, 0.1) is 0 Å². The highest BCUT2D eigenvalue weighted by Gasteiger charge is 2.25. The fourth-order valence-corrected chi connectivity index (χ4v) is 2.51.